The lowest BCUT2D eigenvalue weighted by atomic mass is 10.2. The van der Waals surface area contributed by atoms with E-state index >= 15 is 0 Å². The van der Waals surface area contributed by atoms with Gasteiger partial charge in [0.2, 0.25) is 0 Å². The van der Waals surface area contributed by atoms with Crippen LogP contribution in [0.2, 0.25) is 0 Å². The van der Waals surface area contributed by atoms with Gasteiger partial charge in [0.05, 0.1) is 18.6 Å². The number of benzene rings is 1. The monoisotopic (exact) mass is 314 g/mol. The Labute approximate surface area is 132 Å². The lowest BCUT2D eigenvalue weighted by molar-refractivity contribution is 0.414. The molecule has 114 valence electrons. The SMILES string of the molecule is COc1ccc(CCS(=O)Cc2cn3ccccc3n2)cc1. The molecule has 1 unspecified atom stereocenters. The first-order chi connectivity index (χ1) is 10.7. The quantitative estimate of drug-likeness (QED) is 0.703. The van der Waals surface area contributed by atoms with Gasteiger partial charge in [-0.05, 0) is 36.2 Å². The van der Waals surface area contributed by atoms with Crippen molar-refractivity contribution >= 4 is 16.4 Å². The van der Waals surface area contributed by atoms with Crippen molar-refractivity contribution in [2.24, 2.45) is 0 Å². The van der Waals surface area contributed by atoms with Gasteiger partial charge in [0.25, 0.3) is 0 Å². The lowest BCUT2D eigenvalue weighted by Crippen LogP contribution is -2.04. The molecule has 0 saturated heterocycles. The molecular formula is C17H18N2O2S. The molecular weight excluding hydrogens is 296 g/mol. The molecule has 2 heterocycles. The van der Waals surface area contributed by atoms with E-state index in [9.17, 15) is 4.21 Å². The van der Waals surface area contributed by atoms with Gasteiger partial charge in [-0.2, -0.15) is 0 Å². The fraction of sp³-hybridized carbons (Fsp3) is 0.235. The number of imidazole rings is 1. The first kappa shape index (κ1) is 14.8. The summed E-state index contributed by atoms with van der Waals surface area (Å²) in [6, 6.07) is 13.7. The third-order valence-electron chi connectivity index (χ3n) is 3.50. The fourth-order valence-corrected chi connectivity index (χ4v) is 3.39. The lowest BCUT2D eigenvalue weighted by Gasteiger charge is -2.03. The summed E-state index contributed by atoms with van der Waals surface area (Å²) in [5.74, 6) is 1.98. The van der Waals surface area contributed by atoms with Crippen LogP contribution >= 0.6 is 0 Å². The van der Waals surface area contributed by atoms with Gasteiger partial charge in [-0.25, -0.2) is 4.98 Å². The number of hydrogen-bond donors (Lipinski definition) is 0. The van der Waals surface area contributed by atoms with E-state index in [0.717, 1.165) is 23.5 Å². The van der Waals surface area contributed by atoms with E-state index in [-0.39, 0.29) is 0 Å². The van der Waals surface area contributed by atoms with Gasteiger partial charge in [-0.15, -0.1) is 0 Å². The summed E-state index contributed by atoms with van der Waals surface area (Å²) in [6.07, 6.45) is 4.69. The molecule has 1 atom stereocenters. The molecule has 2 aromatic heterocycles. The molecule has 0 saturated carbocycles. The Bertz CT molecular complexity index is 748. The molecule has 5 heteroatoms. The van der Waals surface area contributed by atoms with Crippen molar-refractivity contribution in [3.8, 4) is 5.75 Å². The largest absolute Gasteiger partial charge is 0.497 e. The van der Waals surface area contributed by atoms with Gasteiger partial charge in [0.1, 0.15) is 11.4 Å². The molecule has 0 aliphatic heterocycles. The molecule has 0 aliphatic carbocycles. The number of pyridine rings is 1. The maximum atomic E-state index is 12.2. The van der Waals surface area contributed by atoms with E-state index in [1.807, 2.05) is 59.3 Å². The van der Waals surface area contributed by atoms with Crippen LogP contribution < -0.4 is 4.74 Å². The highest BCUT2D eigenvalue weighted by molar-refractivity contribution is 7.84. The summed E-state index contributed by atoms with van der Waals surface area (Å²) in [4.78, 5) is 4.48. The van der Waals surface area contributed by atoms with Gasteiger partial charge in [-0.3, -0.25) is 4.21 Å². The maximum absolute atomic E-state index is 12.2. The summed E-state index contributed by atoms with van der Waals surface area (Å²) in [5, 5.41) is 0. The number of rotatable bonds is 6. The van der Waals surface area contributed by atoms with E-state index in [0.29, 0.717) is 11.5 Å². The minimum absolute atomic E-state index is 0.498. The summed E-state index contributed by atoms with van der Waals surface area (Å²) in [6.45, 7) is 0. The molecule has 4 nitrogen and oxygen atoms in total. The molecule has 0 fully saturated rings. The van der Waals surface area contributed by atoms with E-state index in [2.05, 4.69) is 4.98 Å². The molecule has 0 amide bonds. The Kier molecular flexibility index (Phi) is 4.53. The van der Waals surface area contributed by atoms with Crippen LogP contribution in [0.4, 0.5) is 0 Å². The van der Waals surface area contributed by atoms with Crippen LogP contribution in [0.15, 0.2) is 54.9 Å². The van der Waals surface area contributed by atoms with E-state index in [1.165, 1.54) is 5.56 Å². The number of aromatic nitrogens is 2. The first-order valence-corrected chi connectivity index (χ1v) is 8.64. The van der Waals surface area contributed by atoms with Crippen molar-refractivity contribution in [1.82, 2.24) is 9.38 Å². The average molecular weight is 314 g/mol. The zero-order chi connectivity index (χ0) is 15.4. The topological polar surface area (TPSA) is 43.6 Å². The second-order valence-electron chi connectivity index (χ2n) is 5.08. The first-order valence-electron chi connectivity index (χ1n) is 7.15. The van der Waals surface area contributed by atoms with E-state index in [4.69, 9.17) is 4.74 Å². The predicted octanol–water partition coefficient (Wildman–Crippen LogP) is 2.83. The zero-order valence-electron chi connectivity index (χ0n) is 12.4. The number of aryl methyl sites for hydroxylation is 1. The molecule has 0 aliphatic rings. The van der Waals surface area contributed by atoms with Crippen molar-refractivity contribution in [3.63, 3.8) is 0 Å². The predicted molar refractivity (Wildman–Crippen MR) is 88.6 cm³/mol. The fourth-order valence-electron chi connectivity index (χ4n) is 2.32. The maximum Gasteiger partial charge on any atom is 0.137 e. The van der Waals surface area contributed by atoms with Gasteiger partial charge in [-0.1, -0.05) is 18.2 Å². The van der Waals surface area contributed by atoms with Crippen molar-refractivity contribution in [2.45, 2.75) is 12.2 Å². The average Bonchev–Trinajstić information content (AvgIpc) is 2.95. The van der Waals surface area contributed by atoms with Crippen molar-refractivity contribution < 1.29 is 8.95 Å². The molecule has 0 spiro atoms. The van der Waals surface area contributed by atoms with E-state index < -0.39 is 10.8 Å². The number of hydrogen-bond acceptors (Lipinski definition) is 3. The number of methoxy groups -OCH3 is 1. The Hall–Kier alpha value is -2.14. The van der Waals surface area contributed by atoms with Crippen LogP contribution in [0.3, 0.4) is 0 Å². The summed E-state index contributed by atoms with van der Waals surface area (Å²) in [7, 11) is 0.739. The summed E-state index contributed by atoms with van der Waals surface area (Å²) < 4.78 is 19.3. The van der Waals surface area contributed by atoms with Crippen molar-refractivity contribution in [1.29, 1.82) is 0 Å². The molecule has 1 aromatic carbocycles. The van der Waals surface area contributed by atoms with Crippen LogP contribution in [-0.2, 0) is 23.0 Å². The molecule has 22 heavy (non-hydrogen) atoms. The third kappa shape index (κ3) is 3.54. The Morgan fingerprint density at radius 2 is 2.00 bits per heavy atom. The molecule has 3 aromatic rings. The minimum atomic E-state index is -0.912. The normalized spacial score (nSPS) is 12.4. The molecule has 0 radical (unpaired) electrons. The highest BCUT2D eigenvalue weighted by Gasteiger charge is 2.07. The van der Waals surface area contributed by atoms with Crippen LogP contribution in [-0.4, -0.2) is 26.5 Å². The highest BCUT2D eigenvalue weighted by Crippen LogP contribution is 2.13. The van der Waals surface area contributed by atoms with Gasteiger partial charge in [0.15, 0.2) is 0 Å². The number of fused-ring (bicyclic) bond motifs is 1. The zero-order valence-corrected chi connectivity index (χ0v) is 13.3. The summed E-state index contributed by atoms with van der Waals surface area (Å²) >= 11 is 0. The number of nitrogens with zero attached hydrogens (tertiary/aromatic N) is 2. The van der Waals surface area contributed by atoms with Crippen molar-refractivity contribution in [3.05, 3.63) is 66.1 Å². The van der Waals surface area contributed by atoms with Crippen LogP contribution in [0.25, 0.3) is 5.65 Å². The Morgan fingerprint density at radius 3 is 2.73 bits per heavy atom. The Balaban J connectivity index is 1.57. The van der Waals surface area contributed by atoms with Crippen LogP contribution in [0.5, 0.6) is 5.75 Å². The standard InChI is InChI=1S/C17H18N2O2S/c1-21-16-7-5-14(6-8-16)9-11-22(20)13-15-12-19-10-3-2-4-17(19)18-15/h2-8,10,12H,9,11,13H2,1H3. The highest BCUT2D eigenvalue weighted by atomic mass is 32.2. The van der Waals surface area contributed by atoms with Gasteiger partial charge < -0.3 is 9.14 Å². The van der Waals surface area contributed by atoms with Gasteiger partial charge in [0, 0.05) is 28.9 Å². The molecule has 3 rings (SSSR count). The number of ether oxygens (including phenoxy) is 1. The van der Waals surface area contributed by atoms with Gasteiger partial charge >= 0.3 is 0 Å². The molecule has 0 N–H and O–H groups in total. The third-order valence-corrected chi connectivity index (χ3v) is 4.78. The Morgan fingerprint density at radius 1 is 1.18 bits per heavy atom. The smallest absolute Gasteiger partial charge is 0.137 e. The van der Waals surface area contributed by atoms with Crippen LogP contribution in [0, 0.1) is 0 Å². The second kappa shape index (κ2) is 6.75. The summed E-state index contributed by atoms with van der Waals surface area (Å²) in [5.41, 5.74) is 2.94. The van der Waals surface area contributed by atoms with Crippen LogP contribution in [0.1, 0.15) is 11.3 Å². The molecule has 0 bridgehead atoms. The second-order valence-corrected chi connectivity index (χ2v) is 6.66. The van der Waals surface area contributed by atoms with E-state index in [1.54, 1.807) is 7.11 Å². The van der Waals surface area contributed by atoms with Crippen molar-refractivity contribution in [2.75, 3.05) is 12.9 Å². The minimum Gasteiger partial charge on any atom is -0.497 e.